The fourth-order valence-electron chi connectivity index (χ4n) is 1.27. The highest BCUT2D eigenvalue weighted by molar-refractivity contribution is 9.10. The third-order valence-corrected chi connectivity index (χ3v) is 2.54. The summed E-state index contributed by atoms with van der Waals surface area (Å²) in [7, 11) is 1.57. The molecule has 0 aliphatic heterocycles. The first-order chi connectivity index (χ1) is 7.56. The lowest BCUT2D eigenvalue weighted by molar-refractivity contribution is 0.0673. The van der Waals surface area contributed by atoms with Gasteiger partial charge in [-0.2, -0.15) is 0 Å². The molecule has 0 fully saturated rings. The molecule has 0 saturated heterocycles. The van der Waals surface area contributed by atoms with Crippen molar-refractivity contribution in [3.8, 4) is 5.75 Å². The van der Waals surface area contributed by atoms with Crippen molar-refractivity contribution >= 4 is 21.9 Å². The average molecular weight is 289 g/mol. The third kappa shape index (κ3) is 3.21. The van der Waals surface area contributed by atoms with Gasteiger partial charge in [0.1, 0.15) is 17.4 Å². The lowest BCUT2D eigenvalue weighted by Gasteiger charge is -2.16. The molecule has 1 atom stereocenters. The van der Waals surface area contributed by atoms with Crippen LogP contribution in [0.2, 0.25) is 0 Å². The number of benzene rings is 1. The summed E-state index contributed by atoms with van der Waals surface area (Å²) in [4.78, 5) is 11.0. The Morgan fingerprint density at radius 2 is 2.25 bits per heavy atom. The summed E-state index contributed by atoms with van der Waals surface area (Å²) in [5.74, 6) is -0.680. The van der Waals surface area contributed by atoms with Crippen LogP contribution in [0.5, 0.6) is 5.75 Å². The Morgan fingerprint density at radius 3 is 2.81 bits per heavy atom. The van der Waals surface area contributed by atoms with Crippen LogP contribution in [0.3, 0.4) is 0 Å². The molecule has 0 aliphatic rings. The van der Waals surface area contributed by atoms with Crippen LogP contribution in [-0.2, 0) is 4.74 Å². The number of para-hydroxylation sites is 1. The molecule has 0 radical (unpaired) electrons. The monoisotopic (exact) mass is 288 g/mol. The molecule has 0 amide bonds. The van der Waals surface area contributed by atoms with Crippen LogP contribution in [0.15, 0.2) is 22.7 Å². The topological polar surface area (TPSA) is 55.8 Å². The van der Waals surface area contributed by atoms with Crippen LogP contribution in [0.4, 0.5) is 0 Å². The lowest BCUT2D eigenvalue weighted by atomic mass is 10.2. The summed E-state index contributed by atoms with van der Waals surface area (Å²) in [5.41, 5.74) is 0.136. The van der Waals surface area contributed by atoms with E-state index in [1.54, 1.807) is 19.2 Å². The second-order valence-corrected chi connectivity index (χ2v) is 4.16. The van der Waals surface area contributed by atoms with Crippen LogP contribution in [-0.4, -0.2) is 30.9 Å². The first kappa shape index (κ1) is 13.0. The van der Waals surface area contributed by atoms with Gasteiger partial charge < -0.3 is 14.6 Å². The summed E-state index contributed by atoms with van der Waals surface area (Å²) in [6, 6.07) is 4.89. The van der Waals surface area contributed by atoms with Gasteiger partial charge in [0.25, 0.3) is 0 Å². The number of methoxy groups -OCH3 is 1. The largest absolute Gasteiger partial charge is 0.486 e. The van der Waals surface area contributed by atoms with E-state index in [1.807, 2.05) is 6.92 Å². The van der Waals surface area contributed by atoms with Gasteiger partial charge in [0.15, 0.2) is 0 Å². The van der Waals surface area contributed by atoms with Gasteiger partial charge in [-0.1, -0.05) is 6.07 Å². The maximum atomic E-state index is 11.0. The Labute approximate surface area is 102 Å². The predicted octanol–water partition coefficient (Wildman–Crippen LogP) is 2.56. The molecule has 5 heteroatoms. The van der Waals surface area contributed by atoms with E-state index in [9.17, 15) is 4.79 Å². The molecule has 16 heavy (non-hydrogen) atoms. The Kier molecular flexibility index (Phi) is 4.76. The molecule has 88 valence electrons. The number of carbonyl (C=O) groups is 1. The van der Waals surface area contributed by atoms with Crippen molar-refractivity contribution in [1.82, 2.24) is 0 Å². The first-order valence-corrected chi connectivity index (χ1v) is 5.53. The molecule has 1 N–H and O–H groups in total. The molecule has 0 aromatic heterocycles. The molecule has 1 rings (SSSR count). The van der Waals surface area contributed by atoms with Crippen LogP contribution in [0, 0.1) is 0 Å². The van der Waals surface area contributed by atoms with Gasteiger partial charge in [0, 0.05) is 7.11 Å². The van der Waals surface area contributed by atoms with Gasteiger partial charge in [0.2, 0.25) is 0 Å². The lowest BCUT2D eigenvalue weighted by Crippen LogP contribution is -2.19. The molecule has 0 spiro atoms. The summed E-state index contributed by atoms with van der Waals surface area (Å²) < 4.78 is 11.1. The van der Waals surface area contributed by atoms with Crippen LogP contribution in [0.25, 0.3) is 0 Å². The molecule has 0 bridgehead atoms. The van der Waals surface area contributed by atoms with E-state index in [0.717, 1.165) is 0 Å². The molecular weight excluding hydrogens is 276 g/mol. The van der Waals surface area contributed by atoms with Gasteiger partial charge in [-0.15, -0.1) is 0 Å². The summed E-state index contributed by atoms with van der Waals surface area (Å²) in [5, 5.41) is 9.00. The van der Waals surface area contributed by atoms with Crippen molar-refractivity contribution in [2.24, 2.45) is 0 Å². The van der Waals surface area contributed by atoms with Crippen molar-refractivity contribution < 1.29 is 19.4 Å². The summed E-state index contributed by atoms with van der Waals surface area (Å²) >= 11 is 3.27. The highest BCUT2D eigenvalue weighted by atomic mass is 79.9. The normalized spacial score (nSPS) is 12.2. The van der Waals surface area contributed by atoms with Crippen molar-refractivity contribution in [1.29, 1.82) is 0 Å². The third-order valence-electron chi connectivity index (χ3n) is 1.92. The highest BCUT2D eigenvalue weighted by Crippen LogP contribution is 2.29. The van der Waals surface area contributed by atoms with Gasteiger partial charge in [-0.05, 0) is 35.0 Å². The van der Waals surface area contributed by atoms with E-state index in [0.29, 0.717) is 16.8 Å². The Bertz CT molecular complexity index is 378. The van der Waals surface area contributed by atoms with Crippen molar-refractivity contribution in [3.63, 3.8) is 0 Å². The quantitative estimate of drug-likeness (QED) is 0.905. The van der Waals surface area contributed by atoms with Gasteiger partial charge in [-0.25, -0.2) is 4.79 Å². The number of hydrogen-bond acceptors (Lipinski definition) is 3. The maximum Gasteiger partial charge on any atom is 0.339 e. The fourth-order valence-corrected chi connectivity index (χ4v) is 1.73. The van der Waals surface area contributed by atoms with E-state index >= 15 is 0 Å². The van der Waals surface area contributed by atoms with Gasteiger partial charge in [0.05, 0.1) is 11.1 Å². The molecule has 0 heterocycles. The minimum absolute atomic E-state index is 0.136. The number of ether oxygens (including phenoxy) is 2. The second-order valence-electron chi connectivity index (χ2n) is 3.31. The molecule has 4 nitrogen and oxygen atoms in total. The zero-order chi connectivity index (χ0) is 12.1. The van der Waals surface area contributed by atoms with Crippen LogP contribution >= 0.6 is 15.9 Å². The van der Waals surface area contributed by atoms with E-state index in [-0.39, 0.29) is 11.7 Å². The van der Waals surface area contributed by atoms with Gasteiger partial charge >= 0.3 is 5.97 Å². The smallest absolute Gasteiger partial charge is 0.339 e. The summed E-state index contributed by atoms with van der Waals surface area (Å²) in [6.45, 7) is 2.22. The Hall–Kier alpha value is -1.07. The number of carboxylic acid groups (broad SMARTS) is 1. The van der Waals surface area contributed by atoms with E-state index in [4.69, 9.17) is 14.6 Å². The molecule has 0 aliphatic carbocycles. The number of rotatable bonds is 5. The predicted molar refractivity (Wildman–Crippen MR) is 63.1 cm³/mol. The average Bonchev–Trinajstić information content (AvgIpc) is 2.21. The van der Waals surface area contributed by atoms with Crippen molar-refractivity contribution in [2.45, 2.75) is 13.0 Å². The SMILES string of the molecule is COCC(C)Oc1c(Br)cccc1C(=O)O. The fraction of sp³-hybridized carbons (Fsp3) is 0.364. The number of aromatic carboxylic acids is 1. The number of carboxylic acids is 1. The minimum Gasteiger partial charge on any atom is -0.486 e. The number of halogens is 1. The van der Waals surface area contributed by atoms with Crippen molar-refractivity contribution in [2.75, 3.05) is 13.7 Å². The minimum atomic E-state index is -1.01. The molecular formula is C11H13BrO4. The first-order valence-electron chi connectivity index (χ1n) is 4.73. The van der Waals surface area contributed by atoms with E-state index in [1.165, 1.54) is 6.07 Å². The Balaban J connectivity index is 2.97. The second kappa shape index (κ2) is 5.86. The molecule has 1 aromatic carbocycles. The van der Waals surface area contributed by atoms with Crippen molar-refractivity contribution in [3.05, 3.63) is 28.2 Å². The Morgan fingerprint density at radius 1 is 1.56 bits per heavy atom. The summed E-state index contributed by atoms with van der Waals surface area (Å²) in [6.07, 6.45) is -0.207. The highest BCUT2D eigenvalue weighted by Gasteiger charge is 2.16. The number of hydrogen-bond donors (Lipinski definition) is 1. The molecule has 1 aromatic rings. The zero-order valence-electron chi connectivity index (χ0n) is 9.07. The van der Waals surface area contributed by atoms with Crippen LogP contribution in [0.1, 0.15) is 17.3 Å². The molecule has 0 saturated carbocycles. The standard InChI is InChI=1S/C11H13BrO4/c1-7(6-15-2)16-10-8(11(13)14)4-3-5-9(10)12/h3-5,7H,6H2,1-2H3,(H,13,14). The zero-order valence-corrected chi connectivity index (χ0v) is 10.7. The molecule has 1 unspecified atom stereocenters. The van der Waals surface area contributed by atoms with E-state index < -0.39 is 5.97 Å². The van der Waals surface area contributed by atoms with Gasteiger partial charge in [-0.3, -0.25) is 0 Å². The van der Waals surface area contributed by atoms with E-state index in [2.05, 4.69) is 15.9 Å². The maximum absolute atomic E-state index is 11.0. The van der Waals surface area contributed by atoms with Crippen LogP contribution < -0.4 is 4.74 Å².